The van der Waals surface area contributed by atoms with Crippen LogP contribution in [0.5, 0.6) is 23.0 Å². The van der Waals surface area contributed by atoms with Crippen LogP contribution in [0.4, 0.5) is 25.2 Å². The van der Waals surface area contributed by atoms with E-state index in [-0.39, 0.29) is 17.1 Å². The Kier molecular flexibility index (Phi) is 21.9. The van der Waals surface area contributed by atoms with E-state index in [4.69, 9.17) is 49.4 Å². The van der Waals surface area contributed by atoms with Crippen LogP contribution >= 0.6 is 7.81 Å². The summed E-state index contributed by atoms with van der Waals surface area (Å²) in [5.74, 6) is 2.68. The Hall–Kier alpha value is -9.65. The normalized spacial score (nSPS) is 11.1. The van der Waals surface area contributed by atoms with Crippen molar-refractivity contribution < 1.29 is 80.4 Å². The second kappa shape index (κ2) is 28.5. The predicted molar refractivity (Wildman–Crippen MR) is 295 cm³/mol. The number of rotatable bonds is 16. The molecule has 0 unspecified atom stereocenters. The zero-order valence-corrected chi connectivity index (χ0v) is 45.1. The van der Waals surface area contributed by atoms with E-state index in [1.807, 2.05) is 72.8 Å². The Balaban J connectivity index is 0.000000246. The van der Waals surface area contributed by atoms with Gasteiger partial charge in [0.15, 0.2) is 0 Å². The number of nitriles is 2. The molecule has 10 rings (SSSR count). The molecular weight excluding hydrogens is 1140 g/mol. The molecule has 10 aromatic rings. The Morgan fingerprint density at radius 2 is 0.512 bits per heavy atom. The molecule has 0 bridgehead atoms. The summed E-state index contributed by atoms with van der Waals surface area (Å²) in [4.78, 5) is 62.5. The molecule has 14 nitrogen and oxygen atoms in total. The molecule has 22 heteroatoms. The molecule has 0 radical (unpaired) electrons. The maximum absolute atomic E-state index is 10.8. The van der Waals surface area contributed by atoms with E-state index >= 15 is 0 Å². The van der Waals surface area contributed by atoms with Gasteiger partial charge in [0.05, 0.1) is 57.0 Å². The number of hydrogen-bond acceptors (Lipinski definition) is 14. The van der Waals surface area contributed by atoms with Crippen molar-refractivity contribution in [2.75, 3.05) is 0 Å². The van der Waals surface area contributed by atoms with Gasteiger partial charge in [-0.15, -0.1) is 0 Å². The number of pyridine rings is 4. The topological polar surface area (TPSA) is 204 Å². The fourth-order valence-electron chi connectivity index (χ4n) is 7.22. The summed E-state index contributed by atoms with van der Waals surface area (Å²) in [7, 11) is -10.7. The van der Waals surface area contributed by atoms with Gasteiger partial charge in [0.2, 0.25) is 0 Å². The van der Waals surface area contributed by atoms with Crippen molar-refractivity contribution >= 4 is 76.6 Å². The molecule has 0 aliphatic rings. The van der Waals surface area contributed by atoms with Gasteiger partial charge in [0.25, 0.3) is 0 Å². The molecule has 0 saturated heterocycles. The molecule has 0 saturated carbocycles. The number of nitrogens with zero attached hydrogens (tertiary/aromatic N) is 6. The van der Waals surface area contributed by atoms with Crippen LogP contribution in [0.2, 0.25) is 0 Å². The average Bonchev–Trinajstić information content (AvgIpc) is 3.65. The van der Waals surface area contributed by atoms with Crippen LogP contribution in [0.1, 0.15) is 78.1 Å². The monoisotopic (exact) mass is 1190 g/mol. The van der Waals surface area contributed by atoms with Gasteiger partial charge in [-0.1, -0.05) is 48.5 Å². The molecule has 6 aromatic carbocycles. The fraction of sp³-hybridized carbons (Fsp3) is 0.100. The largest absolute Gasteiger partial charge is 1.00 e. The Morgan fingerprint density at radius 1 is 0.354 bits per heavy atom. The molecule has 0 spiro atoms. The van der Waals surface area contributed by atoms with Crippen molar-refractivity contribution in [1.29, 1.82) is 10.5 Å². The maximum atomic E-state index is 10.8. The quantitative estimate of drug-likeness (QED) is 0.0290. The van der Waals surface area contributed by atoms with Gasteiger partial charge < -0.3 is 18.9 Å². The van der Waals surface area contributed by atoms with Crippen molar-refractivity contribution in [3.63, 3.8) is 0 Å². The molecular formula is C60H46CuF6N6O8P. The number of carbonyl (C=O) groups excluding carboxylic acids is 4. The summed E-state index contributed by atoms with van der Waals surface area (Å²) in [6, 6.07) is 55.2. The zero-order chi connectivity index (χ0) is 58.5. The number of benzene rings is 6. The summed E-state index contributed by atoms with van der Waals surface area (Å²) in [5.41, 5.74) is 8.71. The number of fused-ring (bicyclic) bond motifs is 6. The molecule has 0 N–H and O–H groups in total. The number of aromatic nitrogens is 4. The summed E-state index contributed by atoms with van der Waals surface area (Å²) in [6.45, 7) is 4.05. The van der Waals surface area contributed by atoms with Crippen LogP contribution in [0, 0.1) is 22.7 Å². The minimum Gasteiger partial charge on any atom is -0.487 e. The van der Waals surface area contributed by atoms with Crippen LogP contribution < -0.4 is 18.9 Å². The van der Waals surface area contributed by atoms with Gasteiger partial charge in [-0.2, -0.15) is 10.5 Å². The van der Waals surface area contributed by atoms with Crippen LogP contribution in [0.3, 0.4) is 0 Å². The van der Waals surface area contributed by atoms with Crippen molar-refractivity contribution in [3.8, 4) is 35.1 Å². The third-order valence-electron chi connectivity index (χ3n) is 10.9. The first-order chi connectivity index (χ1) is 38.7. The summed E-state index contributed by atoms with van der Waals surface area (Å²) in [5, 5.41) is 18.6. The van der Waals surface area contributed by atoms with Gasteiger partial charge in [-0.25, -0.2) is 19.9 Å². The molecule has 4 heterocycles. The molecule has 0 aliphatic heterocycles. The number of halogens is 6. The fourth-order valence-corrected chi connectivity index (χ4v) is 7.22. The molecule has 0 atom stereocenters. The first-order valence-electron chi connectivity index (χ1n) is 24.0. The number of hydrogen-bond donors (Lipinski definition) is 0. The molecule has 0 aliphatic carbocycles. The molecule has 4 aromatic heterocycles. The molecule has 82 heavy (non-hydrogen) atoms. The van der Waals surface area contributed by atoms with E-state index < -0.39 is 7.81 Å². The summed E-state index contributed by atoms with van der Waals surface area (Å²) >= 11 is 0. The van der Waals surface area contributed by atoms with E-state index in [1.54, 1.807) is 109 Å². The molecule has 422 valence electrons. The smallest absolute Gasteiger partial charge is 0.487 e. The van der Waals surface area contributed by atoms with E-state index in [1.165, 1.54) is 13.8 Å². The Morgan fingerprint density at radius 3 is 0.671 bits per heavy atom. The zero-order valence-electron chi connectivity index (χ0n) is 43.3. The summed E-state index contributed by atoms with van der Waals surface area (Å²) in [6.07, 6.45) is 3.20. The van der Waals surface area contributed by atoms with Gasteiger partial charge in [0, 0.05) is 57.6 Å². The summed E-state index contributed by atoms with van der Waals surface area (Å²) < 4.78 is 82.6. The Labute approximate surface area is 475 Å². The number of ether oxygens (including phenoxy) is 4. The maximum Gasteiger partial charge on any atom is 1.00 e. The first kappa shape index (κ1) is 63.2. The standard InChI is InChI=1S/2C28H20N2O4.2C2H3N.Cu.F6P/c2*31-15-19-1-11-25(12-2-19)33-17-23-9-7-21-5-6-22-8-10-24(30-28(22)27(21)29-23)18-34-26-13-3-20(16-32)4-14-26;2*1-2-3;;1-7(2,3,4,5)6/h2*1-16H,17-18H2;2*1H3;;/q;;;;+1;-1. The van der Waals surface area contributed by atoms with Crippen LogP contribution in [0.25, 0.3) is 43.6 Å². The first-order valence-corrected chi connectivity index (χ1v) is 26.0. The van der Waals surface area contributed by atoms with E-state index in [0.717, 1.165) is 91.5 Å². The van der Waals surface area contributed by atoms with E-state index in [2.05, 4.69) is 0 Å². The second-order valence-electron chi connectivity index (χ2n) is 16.9. The minimum absolute atomic E-state index is 0. The predicted octanol–water partition coefficient (Wildman–Crippen LogP) is 15.6. The second-order valence-corrected chi connectivity index (χ2v) is 18.9. The van der Waals surface area contributed by atoms with Crippen molar-refractivity contribution in [2.45, 2.75) is 40.3 Å². The average molecular weight is 1190 g/mol. The SMILES string of the molecule is CC#N.CC#N.F[P-](F)(F)(F)(F)F.O=Cc1ccc(OCc2ccc3ccc4ccc(COc5ccc(C=O)cc5)nc4c3n2)cc1.O=Cc1ccc(OCc2ccc3ccc4ccc(COc5ccc(C=O)cc5)nc4c3n2)cc1.[Cu+]. The van der Waals surface area contributed by atoms with Gasteiger partial charge >= 0.3 is 50.1 Å². The Bertz CT molecular complexity index is 3430. The van der Waals surface area contributed by atoms with Crippen LogP contribution in [-0.2, 0) is 43.5 Å². The van der Waals surface area contributed by atoms with Crippen molar-refractivity contribution in [1.82, 2.24) is 19.9 Å². The number of carbonyl (C=O) groups is 4. The number of aldehydes is 4. The van der Waals surface area contributed by atoms with Gasteiger partial charge in [0.1, 0.15) is 74.6 Å². The van der Waals surface area contributed by atoms with E-state index in [0.29, 0.717) is 71.7 Å². The third-order valence-corrected chi connectivity index (χ3v) is 10.9. The van der Waals surface area contributed by atoms with E-state index in [9.17, 15) is 44.4 Å². The van der Waals surface area contributed by atoms with Gasteiger partial charge in [-0.05, 0) is 121 Å². The minimum atomic E-state index is -10.7. The van der Waals surface area contributed by atoms with Crippen molar-refractivity contribution in [2.24, 2.45) is 0 Å². The van der Waals surface area contributed by atoms with Gasteiger partial charge in [-0.3, -0.25) is 19.2 Å². The molecule has 0 fully saturated rings. The third kappa shape index (κ3) is 20.5. The molecule has 0 amide bonds. The van der Waals surface area contributed by atoms with Crippen LogP contribution in [-0.4, -0.2) is 45.1 Å². The van der Waals surface area contributed by atoms with Crippen LogP contribution in [0.15, 0.2) is 170 Å². The van der Waals surface area contributed by atoms with Crippen molar-refractivity contribution in [3.05, 3.63) is 215 Å².